The lowest BCUT2D eigenvalue weighted by Crippen LogP contribution is -1.97. The molecule has 0 N–H and O–H groups in total. The lowest BCUT2D eigenvalue weighted by molar-refractivity contribution is 1.16. The van der Waals surface area contributed by atoms with Crippen molar-refractivity contribution in [3.8, 4) is 95.2 Å². The zero-order chi connectivity index (χ0) is 49.0. The molecule has 74 heavy (non-hydrogen) atoms. The molecule has 0 radical (unpaired) electrons. The van der Waals surface area contributed by atoms with Crippen LogP contribution in [0, 0.1) is 0 Å². The molecule has 0 spiro atoms. The summed E-state index contributed by atoms with van der Waals surface area (Å²) >= 11 is 1.88. The quantitative estimate of drug-likeness (QED) is 0.144. The van der Waals surface area contributed by atoms with Crippen LogP contribution in [0.15, 0.2) is 273 Å². The Hall–Kier alpha value is -9.48. The molecule has 0 fully saturated rings. The van der Waals surface area contributed by atoms with Crippen molar-refractivity contribution in [3.63, 3.8) is 0 Å². The Morgan fingerprint density at radius 3 is 1.36 bits per heavy atom. The van der Waals surface area contributed by atoms with E-state index in [1.165, 1.54) is 86.6 Å². The Kier molecular flexibility index (Phi) is 10.7. The van der Waals surface area contributed by atoms with Crippen molar-refractivity contribution in [2.45, 2.75) is 0 Å². The lowest BCUT2D eigenvalue weighted by Gasteiger charge is -2.16. The van der Waals surface area contributed by atoms with Crippen molar-refractivity contribution in [1.29, 1.82) is 0 Å². The molecule has 14 aromatic rings. The predicted octanol–water partition coefficient (Wildman–Crippen LogP) is 19.3. The summed E-state index contributed by atoms with van der Waals surface area (Å²) in [6, 6.07) is 98.2. The van der Waals surface area contributed by atoms with Crippen LogP contribution in [-0.4, -0.2) is 14.5 Å². The molecule has 0 amide bonds. The van der Waals surface area contributed by atoms with Gasteiger partial charge in [-0.05, 0) is 105 Å². The normalized spacial score (nSPS) is 11.5. The van der Waals surface area contributed by atoms with Gasteiger partial charge in [-0.15, -0.1) is 11.3 Å². The minimum absolute atomic E-state index is 0.677. The number of aromatic nitrogens is 3. The summed E-state index contributed by atoms with van der Waals surface area (Å²) in [7, 11) is 0. The van der Waals surface area contributed by atoms with E-state index in [-0.39, 0.29) is 0 Å². The molecule has 11 aromatic carbocycles. The Morgan fingerprint density at radius 1 is 0.270 bits per heavy atom. The summed E-state index contributed by atoms with van der Waals surface area (Å²) in [4.78, 5) is 10.5. The van der Waals surface area contributed by atoms with Crippen molar-refractivity contribution >= 4 is 53.3 Å². The molecule has 3 heterocycles. The fraction of sp³-hybridized carbons (Fsp3) is 0. The SMILES string of the molecule is c1ccc(-c2ccc(-c3cc(-c4ccc(-c5ccccc5)cc4)nc(-c4ccc(-n5c6ccccc6c6cc(-c7ccccc7-c7ccccc7-c7cccc8c7sc7ccccc78)ccc65)cc4)n3)cc2)cc1. The molecule has 0 aliphatic heterocycles. The molecule has 0 aliphatic rings. The van der Waals surface area contributed by atoms with E-state index in [0.717, 1.165) is 44.8 Å². The van der Waals surface area contributed by atoms with Gasteiger partial charge in [-0.1, -0.05) is 218 Å². The van der Waals surface area contributed by atoms with Crippen LogP contribution in [0.2, 0.25) is 0 Å². The number of hydrogen-bond donors (Lipinski definition) is 0. The van der Waals surface area contributed by atoms with Gasteiger partial charge in [-0.3, -0.25) is 0 Å². The van der Waals surface area contributed by atoms with Gasteiger partial charge in [0.1, 0.15) is 0 Å². The van der Waals surface area contributed by atoms with E-state index in [0.29, 0.717) is 5.82 Å². The van der Waals surface area contributed by atoms with Crippen LogP contribution in [0.25, 0.3) is 137 Å². The third-order valence-electron chi connectivity index (χ3n) is 14.5. The molecule has 3 nitrogen and oxygen atoms in total. The molecular formula is C70H45N3S. The van der Waals surface area contributed by atoms with Gasteiger partial charge < -0.3 is 4.57 Å². The van der Waals surface area contributed by atoms with E-state index in [2.05, 4.69) is 278 Å². The third-order valence-corrected chi connectivity index (χ3v) is 15.7. The van der Waals surface area contributed by atoms with Crippen LogP contribution in [0.5, 0.6) is 0 Å². The topological polar surface area (TPSA) is 30.7 Å². The molecular weight excluding hydrogens is 915 g/mol. The summed E-state index contributed by atoms with van der Waals surface area (Å²) in [5.74, 6) is 0.677. The molecule has 0 unspecified atom stereocenters. The maximum atomic E-state index is 5.25. The third kappa shape index (κ3) is 7.68. The van der Waals surface area contributed by atoms with Crippen molar-refractivity contribution in [1.82, 2.24) is 14.5 Å². The smallest absolute Gasteiger partial charge is 0.160 e. The molecule has 4 heteroatoms. The average molecular weight is 960 g/mol. The largest absolute Gasteiger partial charge is 0.309 e. The first kappa shape index (κ1) is 43.3. The summed E-state index contributed by atoms with van der Waals surface area (Å²) in [5.41, 5.74) is 20.2. The van der Waals surface area contributed by atoms with Gasteiger partial charge in [0.2, 0.25) is 0 Å². The minimum Gasteiger partial charge on any atom is -0.309 e. The van der Waals surface area contributed by atoms with Crippen LogP contribution in [0.1, 0.15) is 0 Å². The van der Waals surface area contributed by atoms with Gasteiger partial charge in [0.05, 0.1) is 22.4 Å². The maximum absolute atomic E-state index is 5.25. The molecule has 0 aliphatic carbocycles. The van der Waals surface area contributed by atoms with Gasteiger partial charge in [0.15, 0.2) is 5.82 Å². The van der Waals surface area contributed by atoms with Crippen LogP contribution in [-0.2, 0) is 0 Å². The lowest BCUT2D eigenvalue weighted by atomic mass is 9.89. The summed E-state index contributed by atoms with van der Waals surface area (Å²) in [6.45, 7) is 0. The molecule has 0 saturated heterocycles. The van der Waals surface area contributed by atoms with Gasteiger partial charge in [0, 0.05) is 58.9 Å². The number of fused-ring (bicyclic) bond motifs is 6. The molecule has 14 rings (SSSR count). The molecule has 0 saturated carbocycles. The summed E-state index contributed by atoms with van der Waals surface area (Å²) in [5, 5.41) is 5.03. The van der Waals surface area contributed by atoms with Crippen LogP contribution in [0.4, 0.5) is 0 Å². The minimum atomic E-state index is 0.677. The van der Waals surface area contributed by atoms with E-state index in [1.807, 2.05) is 11.3 Å². The highest BCUT2D eigenvalue weighted by atomic mass is 32.1. The average Bonchev–Trinajstić information content (AvgIpc) is 4.03. The number of benzene rings is 11. The van der Waals surface area contributed by atoms with Crippen molar-refractivity contribution in [2.24, 2.45) is 0 Å². The Bertz CT molecular complexity index is 4280. The molecule has 0 atom stereocenters. The Labute approximate surface area is 433 Å². The van der Waals surface area contributed by atoms with E-state index in [4.69, 9.17) is 9.97 Å². The fourth-order valence-electron chi connectivity index (χ4n) is 10.9. The van der Waals surface area contributed by atoms with Gasteiger partial charge in [0.25, 0.3) is 0 Å². The second-order valence-electron chi connectivity index (χ2n) is 18.9. The molecule has 3 aromatic heterocycles. The molecule has 0 bridgehead atoms. The number of rotatable bonds is 9. The number of para-hydroxylation sites is 1. The monoisotopic (exact) mass is 959 g/mol. The number of hydrogen-bond acceptors (Lipinski definition) is 3. The van der Waals surface area contributed by atoms with E-state index in [9.17, 15) is 0 Å². The highest BCUT2D eigenvalue weighted by Gasteiger charge is 2.19. The number of nitrogens with zero attached hydrogens (tertiary/aromatic N) is 3. The fourth-order valence-corrected chi connectivity index (χ4v) is 12.1. The summed E-state index contributed by atoms with van der Waals surface area (Å²) in [6.07, 6.45) is 0. The Balaban J connectivity index is 0.840. The van der Waals surface area contributed by atoms with E-state index < -0.39 is 0 Å². The zero-order valence-corrected chi connectivity index (χ0v) is 41.0. The van der Waals surface area contributed by atoms with Crippen molar-refractivity contribution in [2.75, 3.05) is 0 Å². The van der Waals surface area contributed by atoms with Crippen LogP contribution < -0.4 is 0 Å². The van der Waals surface area contributed by atoms with Gasteiger partial charge >= 0.3 is 0 Å². The van der Waals surface area contributed by atoms with Crippen molar-refractivity contribution in [3.05, 3.63) is 273 Å². The maximum Gasteiger partial charge on any atom is 0.160 e. The second-order valence-corrected chi connectivity index (χ2v) is 19.9. The van der Waals surface area contributed by atoms with Crippen LogP contribution in [0.3, 0.4) is 0 Å². The van der Waals surface area contributed by atoms with E-state index >= 15 is 0 Å². The first-order valence-electron chi connectivity index (χ1n) is 25.1. The van der Waals surface area contributed by atoms with Gasteiger partial charge in [-0.25, -0.2) is 9.97 Å². The van der Waals surface area contributed by atoms with Crippen LogP contribution >= 0.6 is 11.3 Å². The summed E-state index contributed by atoms with van der Waals surface area (Å²) < 4.78 is 5.02. The number of thiophene rings is 1. The second kappa shape index (κ2) is 18.3. The highest BCUT2D eigenvalue weighted by molar-refractivity contribution is 7.26. The van der Waals surface area contributed by atoms with Crippen molar-refractivity contribution < 1.29 is 0 Å². The first-order valence-corrected chi connectivity index (χ1v) is 25.9. The molecule has 346 valence electrons. The standard InChI is InChI=1S/C70H45N3S/c1-3-16-46(17-4-1)48-30-34-50(35-31-48)64-45-65(51-36-32-49(33-37-51)47-18-5-2-6-19-47)72-70(71-64)52-38-41-54(42-39-52)73-66-28-13-11-24-59(66)63-44-53(40-43-67(63)73)55-20-7-8-21-56(55)57-22-9-10-23-58(57)61-26-15-27-62-60-25-12-14-29-68(60)74-69(61)62/h1-45H. The zero-order valence-electron chi connectivity index (χ0n) is 40.2. The Morgan fingerprint density at radius 2 is 0.716 bits per heavy atom. The van der Waals surface area contributed by atoms with E-state index in [1.54, 1.807) is 0 Å². The predicted molar refractivity (Wildman–Crippen MR) is 313 cm³/mol. The first-order chi connectivity index (χ1) is 36.7. The van der Waals surface area contributed by atoms with Gasteiger partial charge in [-0.2, -0.15) is 0 Å². The highest BCUT2D eigenvalue weighted by Crippen LogP contribution is 2.45.